The molecule has 7 nitrogen and oxygen atoms in total. The molecular formula is C17H24N4O3. The summed E-state index contributed by atoms with van der Waals surface area (Å²) in [4.78, 5) is 33.1. The quantitative estimate of drug-likeness (QED) is 0.573. The molecular weight excluding hydrogens is 308 g/mol. The monoisotopic (exact) mass is 332 g/mol. The topological polar surface area (TPSA) is 84.4 Å². The summed E-state index contributed by atoms with van der Waals surface area (Å²) in [6, 6.07) is 1.70. The molecule has 0 aromatic carbocycles. The van der Waals surface area contributed by atoms with E-state index >= 15 is 0 Å². The number of allylic oxidation sites excluding steroid dienone is 1. The van der Waals surface area contributed by atoms with Gasteiger partial charge in [-0.1, -0.05) is 11.6 Å². The third-order valence-corrected chi connectivity index (χ3v) is 3.78. The summed E-state index contributed by atoms with van der Waals surface area (Å²) in [6.45, 7) is 0.311. The lowest BCUT2D eigenvalue weighted by molar-refractivity contribution is -0.147. The van der Waals surface area contributed by atoms with Crippen LogP contribution in [0, 0.1) is 0 Å². The Bertz CT molecular complexity index is 574. The third-order valence-electron chi connectivity index (χ3n) is 3.78. The van der Waals surface area contributed by atoms with Crippen LogP contribution in [0.3, 0.4) is 0 Å². The molecule has 0 saturated heterocycles. The van der Waals surface area contributed by atoms with Gasteiger partial charge in [-0.05, 0) is 38.2 Å². The number of nitrogens with zero attached hydrogens (tertiary/aromatic N) is 3. The number of hydrogen-bond donors (Lipinski definition) is 1. The minimum absolute atomic E-state index is 0.00974. The van der Waals surface area contributed by atoms with Crippen LogP contribution in [0.25, 0.3) is 0 Å². The number of nitrogens with one attached hydrogen (secondary N) is 1. The van der Waals surface area contributed by atoms with Crippen molar-refractivity contribution in [2.75, 3.05) is 31.6 Å². The van der Waals surface area contributed by atoms with Crippen LogP contribution in [0.15, 0.2) is 30.1 Å². The first kappa shape index (κ1) is 17.9. The first-order valence-corrected chi connectivity index (χ1v) is 8.23. The molecule has 0 atom stereocenters. The van der Waals surface area contributed by atoms with Gasteiger partial charge in [0.15, 0.2) is 6.61 Å². The van der Waals surface area contributed by atoms with Gasteiger partial charge in [0.1, 0.15) is 6.54 Å². The number of ether oxygens (including phenoxy) is 1. The highest BCUT2D eigenvalue weighted by Gasteiger charge is 2.12. The van der Waals surface area contributed by atoms with Gasteiger partial charge in [0, 0.05) is 26.0 Å². The maximum atomic E-state index is 11.7. The van der Waals surface area contributed by atoms with Crippen molar-refractivity contribution in [3.05, 3.63) is 30.1 Å². The summed E-state index contributed by atoms with van der Waals surface area (Å²) >= 11 is 0. The van der Waals surface area contributed by atoms with Crippen molar-refractivity contribution < 1.29 is 14.3 Å². The second-order valence-electron chi connectivity index (χ2n) is 5.77. The van der Waals surface area contributed by atoms with Gasteiger partial charge in [0.2, 0.25) is 5.95 Å². The van der Waals surface area contributed by atoms with E-state index in [9.17, 15) is 9.59 Å². The highest BCUT2D eigenvalue weighted by molar-refractivity contribution is 5.81. The molecule has 130 valence electrons. The molecule has 0 bridgehead atoms. The van der Waals surface area contributed by atoms with Crippen molar-refractivity contribution in [1.82, 2.24) is 15.3 Å². The summed E-state index contributed by atoms with van der Waals surface area (Å²) in [5.74, 6) is -0.340. The first-order chi connectivity index (χ1) is 11.6. The van der Waals surface area contributed by atoms with E-state index < -0.39 is 5.97 Å². The van der Waals surface area contributed by atoms with Crippen LogP contribution >= 0.6 is 0 Å². The standard InChI is InChI=1S/C17H24N4O3/c1-21(17-19-9-5-10-20-17)12-16(23)24-13-15(22)18-11-8-14-6-3-2-4-7-14/h5-6,9-10H,2-4,7-8,11-13H2,1H3,(H,18,22). The highest BCUT2D eigenvalue weighted by Crippen LogP contribution is 2.19. The largest absolute Gasteiger partial charge is 0.454 e. The number of carbonyl (C=O) groups is 2. The Hall–Kier alpha value is -2.44. The molecule has 0 fully saturated rings. The number of esters is 1. The predicted molar refractivity (Wildman–Crippen MR) is 90.4 cm³/mol. The smallest absolute Gasteiger partial charge is 0.326 e. The van der Waals surface area contributed by atoms with E-state index in [-0.39, 0.29) is 19.1 Å². The lowest BCUT2D eigenvalue weighted by atomic mass is 9.97. The van der Waals surface area contributed by atoms with E-state index in [4.69, 9.17) is 4.74 Å². The third kappa shape index (κ3) is 6.36. The van der Waals surface area contributed by atoms with E-state index in [1.807, 2.05) is 0 Å². The Kier molecular flexibility index (Phi) is 7.20. The molecule has 0 spiro atoms. The average Bonchev–Trinajstić information content (AvgIpc) is 2.61. The maximum absolute atomic E-state index is 11.7. The van der Waals surface area contributed by atoms with Gasteiger partial charge in [0.05, 0.1) is 0 Å². The molecule has 1 aromatic rings. The summed E-state index contributed by atoms with van der Waals surface area (Å²) in [5.41, 5.74) is 1.41. The van der Waals surface area contributed by atoms with Crippen LogP contribution in [0.1, 0.15) is 32.1 Å². The predicted octanol–water partition coefficient (Wildman–Crippen LogP) is 1.46. The zero-order valence-electron chi connectivity index (χ0n) is 14.0. The number of likely N-dealkylation sites (N-methyl/N-ethyl adjacent to an activating group) is 1. The SMILES string of the molecule is CN(CC(=O)OCC(=O)NCCC1=CCCCC1)c1ncccn1. The summed E-state index contributed by atoms with van der Waals surface area (Å²) < 4.78 is 4.98. The molecule has 24 heavy (non-hydrogen) atoms. The zero-order chi connectivity index (χ0) is 17.2. The van der Waals surface area contributed by atoms with Gasteiger partial charge in [-0.2, -0.15) is 0 Å². The zero-order valence-corrected chi connectivity index (χ0v) is 14.0. The lowest BCUT2D eigenvalue weighted by Gasteiger charge is -2.15. The van der Waals surface area contributed by atoms with Crippen molar-refractivity contribution in [2.24, 2.45) is 0 Å². The average molecular weight is 332 g/mol. The Labute approximate surface area is 142 Å². The van der Waals surface area contributed by atoms with Crippen molar-refractivity contribution in [2.45, 2.75) is 32.1 Å². The molecule has 0 aliphatic heterocycles. The Morgan fingerprint density at radius 3 is 2.79 bits per heavy atom. The number of hydrogen-bond acceptors (Lipinski definition) is 6. The van der Waals surface area contributed by atoms with Crippen LogP contribution in [0.5, 0.6) is 0 Å². The molecule has 0 saturated carbocycles. The molecule has 0 unspecified atom stereocenters. The molecule has 1 aromatic heterocycles. The fraction of sp³-hybridized carbons (Fsp3) is 0.529. The van der Waals surface area contributed by atoms with Crippen LogP contribution in [0.2, 0.25) is 0 Å². The molecule has 0 radical (unpaired) electrons. The van der Waals surface area contributed by atoms with E-state index in [1.165, 1.54) is 18.4 Å². The minimum atomic E-state index is -0.491. The summed E-state index contributed by atoms with van der Waals surface area (Å²) in [5, 5.41) is 2.78. The fourth-order valence-electron chi connectivity index (χ4n) is 2.49. The van der Waals surface area contributed by atoms with Gasteiger partial charge >= 0.3 is 5.97 Å². The minimum Gasteiger partial charge on any atom is -0.454 e. The number of aromatic nitrogens is 2. The van der Waals surface area contributed by atoms with Crippen molar-refractivity contribution in [1.29, 1.82) is 0 Å². The van der Waals surface area contributed by atoms with E-state index in [0.29, 0.717) is 12.5 Å². The molecule has 2 rings (SSSR count). The van der Waals surface area contributed by atoms with Crippen LogP contribution in [-0.4, -0.2) is 48.6 Å². The highest BCUT2D eigenvalue weighted by atomic mass is 16.5. The molecule has 7 heteroatoms. The van der Waals surface area contributed by atoms with E-state index in [0.717, 1.165) is 19.3 Å². The van der Waals surface area contributed by atoms with Crippen molar-refractivity contribution in [3.63, 3.8) is 0 Å². The van der Waals surface area contributed by atoms with Crippen molar-refractivity contribution in [3.8, 4) is 0 Å². The maximum Gasteiger partial charge on any atom is 0.326 e. The van der Waals surface area contributed by atoms with Gasteiger partial charge in [-0.15, -0.1) is 0 Å². The Morgan fingerprint density at radius 1 is 1.29 bits per heavy atom. The number of anilines is 1. The molecule has 1 N–H and O–H groups in total. The molecule has 1 aliphatic rings. The molecule has 1 amide bonds. The van der Waals surface area contributed by atoms with Gasteiger partial charge in [-0.25, -0.2) is 9.97 Å². The Morgan fingerprint density at radius 2 is 2.08 bits per heavy atom. The first-order valence-electron chi connectivity index (χ1n) is 8.23. The Balaban J connectivity index is 1.60. The number of rotatable bonds is 8. The van der Waals surface area contributed by atoms with Crippen LogP contribution < -0.4 is 10.2 Å². The normalized spacial score (nSPS) is 13.8. The van der Waals surface area contributed by atoms with Gasteiger partial charge in [-0.3, -0.25) is 9.59 Å². The molecule has 1 heterocycles. The van der Waals surface area contributed by atoms with Crippen molar-refractivity contribution >= 4 is 17.8 Å². The van der Waals surface area contributed by atoms with Gasteiger partial charge < -0.3 is 15.0 Å². The molecule has 1 aliphatic carbocycles. The summed E-state index contributed by atoms with van der Waals surface area (Å²) in [6.07, 6.45) is 11.1. The fourth-order valence-corrected chi connectivity index (χ4v) is 2.49. The van der Waals surface area contributed by atoms with E-state index in [2.05, 4.69) is 21.4 Å². The second-order valence-corrected chi connectivity index (χ2v) is 5.77. The van der Waals surface area contributed by atoms with Crippen LogP contribution in [-0.2, 0) is 14.3 Å². The number of carbonyl (C=O) groups excluding carboxylic acids is 2. The lowest BCUT2D eigenvalue weighted by Crippen LogP contribution is -2.33. The second kappa shape index (κ2) is 9.64. The summed E-state index contributed by atoms with van der Waals surface area (Å²) in [7, 11) is 1.69. The van der Waals surface area contributed by atoms with Gasteiger partial charge in [0.25, 0.3) is 5.91 Å². The van der Waals surface area contributed by atoms with E-state index in [1.54, 1.807) is 30.4 Å². The number of amides is 1. The van der Waals surface area contributed by atoms with Crippen LogP contribution in [0.4, 0.5) is 5.95 Å².